The molecule has 5 heteroatoms. The van der Waals surface area contributed by atoms with Crippen LogP contribution >= 0.6 is 11.6 Å². The maximum atomic E-state index is 11.8. The smallest absolute Gasteiger partial charge is 0.296 e. The number of carbonyl (C=O) groups excluding carboxylic acids is 2. The number of rotatable bonds is 3. The maximum Gasteiger partial charge on any atom is 0.296 e. The Balaban J connectivity index is 2.09. The zero-order valence-electron chi connectivity index (χ0n) is 9.26. The van der Waals surface area contributed by atoms with Gasteiger partial charge in [-0.2, -0.15) is 0 Å². The number of aromatic nitrogens is 1. The lowest BCUT2D eigenvalue weighted by molar-refractivity contribution is -0.112. The molecule has 0 aliphatic heterocycles. The zero-order chi connectivity index (χ0) is 13.0. The van der Waals surface area contributed by atoms with Gasteiger partial charge in [0.1, 0.15) is 5.15 Å². The number of anilines is 1. The summed E-state index contributed by atoms with van der Waals surface area (Å²) in [7, 11) is 0. The number of halogens is 1. The lowest BCUT2D eigenvalue weighted by Gasteiger charge is -2.03. The van der Waals surface area contributed by atoms with Gasteiger partial charge in [0.2, 0.25) is 0 Å². The topological polar surface area (TPSA) is 59.1 Å². The number of amides is 1. The summed E-state index contributed by atoms with van der Waals surface area (Å²) in [6.45, 7) is 0. The molecule has 0 aliphatic rings. The number of ketones is 1. The van der Waals surface area contributed by atoms with Crippen LogP contribution in [0.25, 0.3) is 0 Å². The van der Waals surface area contributed by atoms with Gasteiger partial charge in [-0.05, 0) is 12.1 Å². The van der Waals surface area contributed by atoms with Crippen LogP contribution in [0.4, 0.5) is 5.69 Å². The molecule has 0 bridgehead atoms. The first-order chi connectivity index (χ1) is 8.66. The van der Waals surface area contributed by atoms with E-state index in [1.54, 1.807) is 36.4 Å². The van der Waals surface area contributed by atoms with Gasteiger partial charge in [0.25, 0.3) is 11.7 Å². The van der Waals surface area contributed by atoms with Crippen molar-refractivity contribution >= 4 is 29.0 Å². The van der Waals surface area contributed by atoms with Gasteiger partial charge in [0.05, 0.1) is 11.9 Å². The number of hydrogen-bond acceptors (Lipinski definition) is 3. The molecule has 2 rings (SSSR count). The molecule has 90 valence electrons. The van der Waals surface area contributed by atoms with Crippen LogP contribution in [0.15, 0.2) is 48.7 Å². The Kier molecular flexibility index (Phi) is 3.69. The Hall–Kier alpha value is -2.20. The van der Waals surface area contributed by atoms with Crippen molar-refractivity contribution in [2.24, 2.45) is 0 Å². The van der Waals surface area contributed by atoms with E-state index >= 15 is 0 Å². The third kappa shape index (κ3) is 2.93. The van der Waals surface area contributed by atoms with Gasteiger partial charge in [0, 0.05) is 5.56 Å². The monoisotopic (exact) mass is 260 g/mol. The van der Waals surface area contributed by atoms with Gasteiger partial charge >= 0.3 is 0 Å². The highest BCUT2D eigenvalue weighted by molar-refractivity contribution is 6.46. The first-order valence-corrected chi connectivity index (χ1v) is 5.57. The van der Waals surface area contributed by atoms with E-state index in [1.807, 2.05) is 0 Å². The number of Topliss-reactive ketones (excluding diaryl/α,β-unsaturated/α-hetero) is 1. The summed E-state index contributed by atoms with van der Waals surface area (Å²) >= 11 is 5.62. The molecule has 0 unspecified atom stereocenters. The summed E-state index contributed by atoms with van der Waals surface area (Å²) < 4.78 is 0. The van der Waals surface area contributed by atoms with Crippen LogP contribution in [0.2, 0.25) is 5.15 Å². The molecule has 1 amide bonds. The van der Waals surface area contributed by atoms with E-state index in [0.717, 1.165) is 0 Å². The summed E-state index contributed by atoms with van der Waals surface area (Å²) in [4.78, 5) is 27.2. The van der Waals surface area contributed by atoms with Crippen molar-refractivity contribution < 1.29 is 9.59 Å². The minimum Gasteiger partial charge on any atom is -0.318 e. The van der Waals surface area contributed by atoms with E-state index < -0.39 is 11.7 Å². The third-order valence-electron chi connectivity index (χ3n) is 2.23. The predicted molar refractivity (Wildman–Crippen MR) is 68.6 cm³/mol. The van der Waals surface area contributed by atoms with E-state index in [2.05, 4.69) is 10.3 Å². The quantitative estimate of drug-likeness (QED) is 0.524. The first-order valence-electron chi connectivity index (χ1n) is 5.19. The minimum absolute atomic E-state index is 0.322. The van der Waals surface area contributed by atoms with Crippen LogP contribution < -0.4 is 5.32 Å². The zero-order valence-corrected chi connectivity index (χ0v) is 10.0. The van der Waals surface area contributed by atoms with Crippen molar-refractivity contribution in [1.29, 1.82) is 0 Å². The average molecular weight is 261 g/mol. The molecule has 0 aliphatic carbocycles. The minimum atomic E-state index is -0.703. The fourth-order valence-corrected chi connectivity index (χ4v) is 1.47. The van der Waals surface area contributed by atoms with E-state index in [-0.39, 0.29) is 0 Å². The largest absolute Gasteiger partial charge is 0.318 e. The van der Waals surface area contributed by atoms with Crippen molar-refractivity contribution in [2.45, 2.75) is 0 Å². The van der Waals surface area contributed by atoms with Crippen molar-refractivity contribution in [3.63, 3.8) is 0 Å². The first kappa shape index (κ1) is 12.3. The lowest BCUT2D eigenvalue weighted by Crippen LogP contribution is -2.22. The Morgan fingerprint density at radius 1 is 1.06 bits per heavy atom. The summed E-state index contributed by atoms with van der Waals surface area (Å²) in [5.74, 6) is -1.30. The highest BCUT2D eigenvalue weighted by Crippen LogP contribution is 2.10. The van der Waals surface area contributed by atoms with Crippen molar-refractivity contribution in [3.05, 3.63) is 59.4 Å². The maximum absolute atomic E-state index is 11.8. The number of carbonyl (C=O) groups is 2. The molecule has 1 N–H and O–H groups in total. The molecule has 0 saturated carbocycles. The van der Waals surface area contributed by atoms with Gasteiger partial charge in [-0.25, -0.2) is 4.98 Å². The summed E-state index contributed by atoms with van der Waals surface area (Å²) in [6, 6.07) is 11.5. The van der Waals surface area contributed by atoms with Gasteiger partial charge in [-0.1, -0.05) is 41.9 Å². The third-order valence-corrected chi connectivity index (χ3v) is 2.45. The number of nitrogens with zero attached hydrogens (tertiary/aromatic N) is 1. The number of pyridine rings is 1. The van der Waals surface area contributed by atoms with E-state index in [4.69, 9.17) is 11.6 Å². The molecule has 0 fully saturated rings. The van der Waals surface area contributed by atoms with Gasteiger partial charge in [-0.15, -0.1) is 0 Å². The second-order valence-electron chi connectivity index (χ2n) is 3.52. The number of benzene rings is 1. The van der Waals surface area contributed by atoms with Gasteiger partial charge in [0.15, 0.2) is 0 Å². The molecule has 2 aromatic rings. The molecule has 0 saturated heterocycles. The fraction of sp³-hybridized carbons (Fsp3) is 0. The molecule has 1 heterocycles. The SMILES string of the molecule is O=C(Nc1ccc(Cl)nc1)C(=O)c1ccccc1. The molecule has 0 atom stereocenters. The Bertz CT molecular complexity index is 567. The van der Waals surface area contributed by atoms with Crippen LogP contribution in [0.1, 0.15) is 10.4 Å². The number of hydrogen-bond donors (Lipinski definition) is 1. The average Bonchev–Trinajstić information content (AvgIpc) is 2.41. The normalized spacial score (nSPS) is 9.83. The summed E-state index contributed by atoms with van der Waals surface area (Å²) in [6.07, 6.45) is 1.39. The Morgan fingerprint density at radius 3 is 2.39 bits per heavy atom. The van der Waals surface area contributed by atoms with Crippen LogP contribution in [0.3, 0.4) is 0 Å². The van der Waals surface area contributed by atoms with Gasteiger partial charge < -0.3 is 5.32 Å². The van der Waals surface area contributed by atoms with Crippen molar-refractivity contribution in [1.82, 2.24) is 4.98 Å². The standard InChI is InChI=1S/C13H9ClN2O2/c14-11-7-6-10(8-15-11)16-13(18)12(17)9-4-2-1-3-5-9/h1-8H,(H,16,18). The van der Waals surface area contributed by atoms with Crippen molar-refractivity contribution in [3.8, 4) is 0 Å². The van der Waals surface area contributed by atoms with Crippen molar-refractivity contribution in [2.75, 3.05) is 5.32 Å². The van der Waals surface area contributed by atoms with Crippen LogP contribution in [0, 0.1) is 0 Å². The lowest BCUT2D eigenvalue weighted by atomic mass is 10.1. The second kappa shape index (κ2) is 5.42. The van der Waals surface area contributed by atoms with Crippen LogP contribution in [-0.4, -0.2) is 16.7 Å². The molecule has 0 radical (unpaired) electrons. The highest BCUT2D eigenvalue weighted by atomic mass is 35.5. The Morgan fingerprint density at radius 2 is 1.78 bits per heavy atom. The summed E-state index contributed by atoms with van der Waals surface area (Å²) in [5.41, 5.74) is 0.769. The fourth-order valence-electron chi connectivity index (χ4n) is 1.36. The predicted octanol–water partition coefficient (Wildman–Crippen LogP) is 2.56. The summed E-state index contributed by atoms with van der Waals surface area (Å²) in [5, 5.41) is 2.78. The van der Waals surface area contributed by atoms with Crippen LogP contribution in [0.5, 0.6) is 0 Å². The molecular weight excluding hydrogens is 252 g/mol. The molecule has 4 nitrogen and oxygen atoms in total. The molecule has 1 aromatic carbocycles. The van der Waals surface area contributed by atoms with E-state index in [1.165, 1.54) is 12.3 Å². The van der Waals surface area contributed by atoms with E-state index in [9.17, 15) is 9.59 Å². The van der Waals surface area contributed by atoms with E-state index in [0.29, 0.717) is 16.4 Å². The van der Waals surface area contributed by atoms with Gasteiger partial charge in [-0.3, -0.25) is 9.59 Å². The molecule has 18 heavy (non-hydrogen) atoms. The molecular formula is C13H9ClN2O2. The molecule has 1 aromatic heterocycles. The number of nitrogens with one attached hydrogen (secondary N) is 1. The highest BCUT2D eigenvalue weighted by Gasteiger charge is 2.15. The Labute approximate surface area is 109 Å². The molecule has 0 spiro atoms. The van der Waals surface area contributed by atoms with Crippen LogP contribution in [-0.2, 0) is 4.79 Å². The second-order valence-corrected chi connectivity index (χ2v) is 3.91.